The van der Waals surface area contributed by atoms with Crippen molar-refractivity contribution in [2.75, 3.05) is 6.61 Å². The molecule has 7 heteroatoms. The Labute approximate surface area is 203 Å². The number of ether oxygens (including phenoxy) is 1. The maximum absolute atomic E-state index is 12.8. The first-order valence-electron chi connectivity index (χ1n) is 10.7. The zero-order valence-electron chi connectivity index (χ0n) is 18.7. The van der Waals surface area contributed by atoms with Gasteiger partial charge in [-0.05, 0) is 74.4 Å². The number of hydrogen-bond donors (Lipinski definition) is 1. The summed E-state index contributed by atoms with van der Waals surface area (Å²) in [5, 5.41) is 4.31. The van der Waals surface area contributed by atoms with E-state index >= 15 is 0 Å². The summed E-state index contributed by atoms with van der Waals surface area (Å²) < 4.78 is 8.13. The summed E-state index contributed by atoms with van der Waals surface area (Å²) in [4.78, 5) is 17.5. The van der Waals surface area contributed by atoms with Crippen LogP contribution in [-0.2, 0) is 6.54 Å². The van der Waals surface area contributed by atoms with E-state index in [1.54, 1.807) is 24.3 Å². The molecule has 0 aliphatic carbocycles. The molecule has 0 saturated carbocycles. The van der Waals surface area contributed by atoms with Crippen molar-refractivity contribution in [1.29, 1.82) is 0 Å². The second kappa shape index (κ2) is 9.86. The number of carbonyl (C=O) groups is 1. The molecule has 1 atom stereocenters. The Kier molecular flexibility index (Phi) is 6.91. The van der Waals surface area contributed by atoms with Gasteiger partial charge >= 0.3 is 0 Å². The number of carbonyl (C=O) groups excluding carboxylic acids is 1. The predicted octanol–water partition coefficient (Wildman–Crippen LogP) is 6.53. The third-order valence-corrected chi connectivity index (χ3v) is 6.33. The van der Waals surface area contributed by atoms with E-state index in [2.05, 4.69) is 9.88 Å². The van der Waals surface area contributed by atoms with E-state index < -0.39 is 0 Å². The lowest BCUT2D eigenvalue weighted by Gasteiger charge is -2.17. The Balaban J connectivity index is 1.54. The zero-order chi connectivity index (χ0) is 23.5. The summed E-state index contributed by atoms with van der Waals surface area (Å²) in [5.41, 5.74) is 4.34. The molecule has 0 saturated heterocycles. The van der Waals surface area contributed by atoms with Crippen molar-refractivity contribution >= 4 is 40.1 Å². The zero-order valence-corrected chi connectivity index (χ0v) is 20.2. The van der Waals surface area contributed by atoms with Crippen LogP contribution in [0.5, 0.6) is 5.75 Å². The Morgan fingerprint density at radius 3 is 2.52 bits per heavy atom. The molecule has 0 radical (unpaired) electrons. The molecule has 1 unspecified atom stereocenters. The number of para-hydroxylation sites is 2. The molecule has 0 bridgehead atoms. The summed E-state index contributed by atoms with van der Waals surface area (Å²) in [6.07, 6.45) is 0. The van der Waals surface area contributed by atoms with Crippen molar-refractivity contribution < 1.29 is 9.53 Å². The van der Waals surface area contributed by atoms with Crippen molar-refractivity contribution in [2.24, 2.45) is 0 Å². The van der Waals surface area contributed by atoms with Crippen LogP contribution in [0.2, 0.25) is 10.0 Å². The summed E-state index contributed by atoms with van der Waals surface area (Å²) >= 11 is 12.3. The van der Waals surface area contributed by atoms with Crippen LogP contribution < -0.4 is 10.1 Å². The second-order valence-electron chi connectivity index (χ2n) is 8.04. The van der Waals surface area contributed by atoms with Crippen molar-refractivity contribution in [3.05, 3.63) is 93.2 Å². The van der Waals surface area contributed by atoms with E-state index in [0.717, 1.165) is 38.8 Å². The number of halogens is 2. The van der Waals surface area contributed by atoms with Gasteiger partial charge in [0.25, 0.3) is 5.91 Å². The highest BCUT2D eigenvalue weighted by molar-refractivity contribution is 6.32. The maximum atomic E-state index is 12.8. The van der Waals surface area contributed by atoms with E-state index in [0.29, 0.717) is 23.7 Å². The molecule has 0 aliphatic rings. The molecule has 0 spiro atoms. The van der Waals surface area contributed by atoms with Gasteiger partial charge < -0.3 is 14.6 Å². The molecule has 3 aromatic carbocycles. The highest BCUT2D eigenvalue weighted by atomic mass is 35.5. The monoisotopic (exact) mass is 481 g/mol. The van der Waals surface area contributed by atoms with Gasteiger partial charge in [-0.15, -0.1) is 0 Å². The smallest absolute Gasteiger partial charge is 0.251 e. The molecular formula is C26H25Cl2N3O2. The van der Waals surface area contributed by atoms with Gasteiger partial charge in [-0.1, -0.05) is 41.4 Å². The Bertz CT molecular complexity index is 1290. The van der Waals surface area contributed by atoms with E-state index in [1.165, 1.54) is 0 Å². The fraction of sp³-hybridized carbons (Fsp3) is 0.231. The Morgan fingerprint density at radius 2 is 1.79 bits per heavy atom. The molecule has 1 N–H and O–H groups in total. The van der Waals surface area contributed by atoms with Gasteiger partial charge in [-0.25, -0.2) is 4.98 Å². The van der Waals surface area contributed by atoms with E-state index in [-0.39, 0.29) is 11.9 Å². The van der Waals surface area contributed by atoms with E-state index in [9.17, 15) is 4.79 Å². The average molecular weight is 482 g/mol. The van der Waals surface area contributed by atoms with Gasteiger partial charge in [0.2, 0.25) is 0 Å². The molecule has 1 aromatic heterocycles. The van der Waals surface area contributed by atoms with Gasteiger partial charge in [-0.3, -0.25) is 4.79 Å². The Hall–Kier alpha value is -3.02. The third-order valence-electron chi connectivity index (χ3n) is 5.50. The van der Waals surface area contributed by atoms with E-state index in [1.807, 2.05) is 57.2 Å². The van der Waals surface area contributed by atoms with Gasteiger partial charge in [0, 0.05) is 15.6 Å². The number of imidazole rings is 1. The van der Waals surface area contributed by atoms with Gasteiger partial charge in [0.15, 0.2) is 0 Å². The third kappa shape index (κ3) is 5.15. The number of nitrogens with zero attached hydrogens (tertiary/aromatic N) is 2. The molecule has 0 aliphatic heterocycles. The minimum absolute atomic E-state index is 0.202. The minimum atomic E-state index is -0.316. The Morgan fingerprint density at radius 1 is 1.06 bits per heavy atom. The molecule has 33 heavy (non-hydrogen) atoms. The number of aryl methyl sites for hydroxylation is 2. The highest BCUT2D eigenvalue weighted by Gasteiger charge is 2.19. The van der Waals surface area contributed by atoms with Crippen LogP contribution in [0, 0.1) is 13.8 Å². The standard InChI is InChI=1S/C26H25Cl2N3O2/c1-16-13-21(14-17(2)24(16)28)33-12-11-31-23-10-5-4-9-22(23)30-25(31)18(3)29-26(32)19-7-6-8-20(27)15-19/h4-10,13-15,18H,11-12H2,1-3H3,(H,29,32). The number of rotatable bonds is 7. The number of aromatic nitrogens is 2. The molecule has 4 rings (SSSR count). The number of hydrogen-bond acceptors (Lipinski definition) is 3. The van der Waals surface area contributed by atoms with Crippen LogP contribution in [0.25, 0.3) is 11.0 Å². The topological polar surface area (TPSA) is 56.1 Å². The lowest BCUT2D eigenvalue weighted by atomic mass is 10.1. The first kappa shape index (κ1) is 23.1. The van der Waals surface area contributed by atoms with Crippen LogP contribution in [0.15, 0.2) is 60.7 Å². The van der Waals surface area contributed by atoms with Gasteiger partial charge in [0.1, 0.15) is 18.2 Å². The normalized spacial score (nSPS) is 12.0. The molecule has 5 nitrogen and oxygen atoms in total. The van der Waals surface area contributed by atoms with Crippen molar-refractivity contribution in [1.82, 2.24) is 14.9 Å². The average Bonchev–Trinajstić information content (AvgIpc) is 3.16. The molecule has 4 aromatic rings. The quantitative estimate of drug-likeness (QED) is 0.326. The van der Waals surface area contributed by atoms with Gasteiger partial charge in [0.05, 0.1) is 23.6 Å². The maximum Gasteiger partial charge on any atom is 0.251 e. The molecular weight excluding hydrogens is 457 g/mol. The number of fused-ring (bicyclic) bond motifs is 1. The van der Waals surface area contributed by atoms with E-state index in [4.69, 9.17) is 32.9 Å². The lowest BCUT2D eigenvalue weighted by Crippen LogP contribution is -2.29. The number of amides is 1. The molecule has 1 amide bonds. The SMILES string of the molecule is Cc1cc(OCCn2c(C(C)NC(=O)c3cccc(Cl)c3)nc3ccccc32)cc(C)c1Cl. The first-order chi connectivity index (χ1) is 15.8. The first-order valence-corrected chi connectivity index (χ1v) is 11.5. The fourth-order valence-electron chi connectivity index (χ4n) is 3.88. The highest BCUT2D eigenvalue weighted by Crippen LogP contribution is 2.26. The van der Waals surface area contributed by atoms with Crippen molar-refractivity contribution in [3.63, 3.8) is 0 Å². The molecule has 0 fully saturated rings. The van der Waals surface area contributed by atoms with Crippen LogP contribution in [0.1, 0.15) is 40.3 Å². The number of nitrogens with one attached hydrogen (secondary N) is 1. The van der Waals surface area contributed by atoms with Crippen molar-refractivity contribution in [2.45, 2.75) is 33.4 Å². The summed E-state index contributed by atoms with van der Waals surface area (Å²) in [7, 11) is 0. The van der Waals surface area contributed by atoms with Crippen LogP contribution in [0.4, 0.5) is 0 Å². The fourth-order valence-corrected chi connectivity index (χ4v) is 4.18. The van der Waals surface area contributed by atoms with Crippen molar-refractivity contribution in [3.8, 4) is 5.75 Å². The van der Waals surface area contributed by atoms with Gasteiger partial charge in [-0.2, -0.15) is 0 Å². The lowest BCUT2D eigenvalue weighted by molar-refractivity contribution is 0.0937. The van der Waals surface area contributed by atoms with Crippen LogP contribution in [-0.4, -0.2) is 22.1 Å². The summed E-state index contributed by atoms with van der Waals surface area (Å²) in [5.74, 6) is 1.34. The minimum Gasteiger partial charge on any atom is -0.492 e. The molecule has 170 valence electrons. The van der Waals surface area contributed by atoms with Crippen LogP contribution in [0.3, 0.4) is 0 Å². The van der Waals surface area contributed by atoms with Crippen LogP contribution >= 0.6 is 23.2 Å². The predicted molar refractivity (Wildman–Crippen MR) is 133 cm³/mol. The summed E-state index contributed by atoms with van der Waals surface area (Å²) in [6, 6.07) is 18.4. The number of benzene rings is 3. The second-order valence-corrected chi connectivity index (χ2v) is 8.85. The largest absolute Gasteiger partial charge is 0.492 e. The molecule has 1 heterocycles. The summed E-state index contributed by atoms with van der Waals surface area (Å²) in [6.45, 7) is 6.88.